The van der Waals surface area contributed by atoms with E-state index < -0.39 is 10.7 Å². The van der Waals surface area contributed by atoms with Crippen molar-refractivity contribution in [3.05, 3.63) is 40.5 Å². The van der Waals surface area contributed by atoms with Crippen molar-refractivity contribution >= 4 is 5.69 Å². The van der Waals surface area contributed by atoms with Crippen LogP contribution >= 0.6 is 0 Å². The summed E-state index contributed by atoms with van der Waals surface area (Å²) in [5.74, 6) is -0.255. The van der Waals surface area contributed by atoms with Crippen molar-refractivity contribution in [1.82, 2.24) is 14.8 Å². The Hall–Kier alpha value is -2.31. The molecule has 0 aliphatic carbocycles. The monoisotopic (exact) mass is 236 g/mol. The molecule has 1 aromatic heterocycles. The zero-order valence-corrected chi connectivity index (χ0v) is 9.00. The molecular weight excluding hydrogens is 227 g/mol. The van der Waals surface area contributed by atoms with Crippen LogP contribution in [-0.2, 0) is 6.54 Å². The first-order valence-corrected chi connectivity index (χ1v) is 4.95. The van der Waals surface area contributed by atoms with E-state index in [0.29, 0.717) is 17.9 Å². The molecule has 6 nitrogen and oxygen atoms in total. The van der Waals surface area contributed by atoms with E-state index in [2.05, 4.69) is 10.2 Å². The molecule has 2 aromatic rings. The molecule has 7 heteroatoms. The fraction of sp³-hybridized carbons (Fsp3) is 0.200. The van der Waals surface area contributed by atoms with Crippen molar-refractivity contribution in [3.63, 3.8) is 0 Å². The van der Waals surface area contributed by atoms with E-state index >= 15 is 0 Å². The van der Waals surface area contributed by atoms with E-state index in [4.69, 9.17) is 0 Å². The van der Waals surface area contributed by atoms with E-state index in [1.165, 1.54) is 18.5 Å². The molecule has 0 unspecified atom stereocenters. The van der Waals surface area contributed by atoms with Crippen LogP contribution in [-0.4, -0.2) is 19.7 Å². The number of non-ortho nitro benzene ring substituents is 1. The molecule has 0 amide bonds. The van der Waals surface area contributed by atoms with Gasteiger partial charge in [0.05, 0.1) is 11.0 Å². The van der Waals surface area contributed by atoms with Crippen molar-refractivity contribution in [2.45, 2.75) is 13.5 Å². The number of aryl methyl sites for hydroxylation is 1. The first-order chi connectivity index (χ1) is 8.11. The zero-order valence-electron chi connectivity index (χ0n) is 9.00. The van der Waals surface area contributed by atoms with Crippen LogP contribution in [0.5, 0.6) is 0 Å². The Labute approximate surface area is 95.9 Å². The summed E-state index contributed by atoms with van der Waals surface area (Å²) in [5, 5.41) is 18.1. The second kappa shape index (κ2) is 4.28. The minimum Gasteiger partial charge on any atom is -0.314 e. The summed E-state index contributed by atoms with van der Waals surface area (Å²) >= 11 is 0. The second-order valence-electron chi connectivity index (χ2n) is 3.40. The summed E-state index contributed by atoms with van der Waals surface area (Å²) in [7, 11) is 0. The molecule has 88 valence electrons. The van der Waals surface area contributed by atoms with Crippen LogP contribution in [0.15, 0.2) is 24.5 Å². The molecule has 0 saturated heterocycles. The highest BCUT2D eigenvalue weighted by Gasteiger charge is 2.14. The zero-order chi connectivity index (χ0) is 12.4. The largest absolute Gasteiger partial charge is 0.314 e. The summed E-state index contributed by atoms with van der Waals surface area (Å²) in [6, 6.07) is 3.35. The number of nitro groups is 1. The lowest BCUT2D eigenvalue weighted by molar-refractivity contribution is -0.385. The molecule has 0 bridgehead atoms. The number of nitrogens with zero attached hydrogens (tertiary/aromatic N) is 4. The SMILES string of the molecule is CCn1cnnc1-c1cc(F)cc([N+](=O)[O-])c1. The van der Waals surface area contributed by atoms with Crippen LogP contribution in [0.25, 0.3) is 11.4 Å². The second-order valence-corrected chi connectivity index (χ2v) is 3.40. The van der Waals surface area contributed by atoms with E-state index in [-0.39, 0.29) is 5.69 Å². The van der Waals surface area contributed by atoms with Crippen molar-refractivity contribution in [2.24, 2.45) is 0 Å². The molecule has 1 heterocycles. The van der Waals surface area contributed by atoms with Gasteiger partial charge in [0.1, 0.15) is 12.1 Å². The Morgan fingerprint density at radius 3 is 2.88 bits per heavy atom. The van der Waals surface area contributed by atoms with Crippen molar-refractivity contribution < 1.29 is 9.31 Å². The summed E-state index contributed by atoms with van der Waals surface area (Å²) in [4.78, 5) is 9.99. The first-order valence-electron chi connectivity index (χ1n) is 4.95. The first kappa shape index (κ1) is 11.2. The Bertz CT molecular complexity index is 567. The Morgan fingerprint density at radius 2 is 2.24 bits per heavy atom. The Balaban J connectivity index is 2.56. The number of hydrogen-bond donors (Lipinski definition) is 0. The van der Waals surface area contributed by atoms with Crippen LogP contribution in [0.3, 0.4) is 0 Å². The highest BCUT2D eigenvalue weighted by atomic mass is 19.1. The maximum Gasteiger partial charge on any atom is 0.273 e. The van der Waals surface area contributed by atoms with Crippen molar-refractivity contribution in [2.75, 3.05) is 0 Å². The summed E-state index contributed by atoms with van der Waals surface area (Å²) in [5.41, 5.74) is 0.0432. The minimum atomic E-state index is -0.667. The topological polar surface area (TPSA) is 73.8 Å². The van der Waals surface area contributed by atoms with Gasteiger partial charge >= 0.3 is 0 Å². The average molecular weight is 236 g/mol. The predicted molar refractivity (Wildman–Crippen MR) is 57.7 cm³/mol. The summed E-state index contributed by atoms with van der Waals surface area (Å²) < 4.78 is 14.9. The van der Waals surface area contributed by atoms with Crippen molar-refractivity contribution in [3.8, 4) is 11.4 Å². The summed E-state index contributed by atoms with van der Waals surface area (Å²) in [6.45, 7) is 2.48. The molecule has 17 heavy (non-hydrogen) atoms. The van der Waals surface area contributed by atoms with E-state index in [9.17, 15) is 14.5 Å². The fourth-order valence-electron chi connectivity index (χ4n) is 1.52. The van der Waals surface area contributed by atoms with Crippen LogP contribution in [0, 0.1) is 15.9 Å². The number of halogens is 1. The van der Waals surface area contributed by atoms with Gasteiger partial charge in [0, 0.05) is 18.2 Å². The number of hydrogen-bond acceptors (Lipinski definition) is 4. The molecule has 0 aliphatic rings. The van der Waals surface area contributed by atoms with Crippen LogP contribution in [0.4, 0.5) is 10.1 Å². The molecule has 0 spiro atoms. The van der Waals surface area contributed by atoms with Gasteiger partial charge in [0.25, 0.3) is 5.69 Å². The van der Waals surface area contributed by atoms with E-state index in [1.54, 1.807) is 4.57 Å². The third-order valence-corrected chi connectivity index (χ3v) is 2.31. The number of nitro benzene ring substituents is 1. The van der Waals surface area contributed by atoms with Crippen molar-refractivity contribution in [1.29, 1.82) is 0 Å². The minimum absolute atomic E-state index is 0.300. The van der Waals surface area contributed by atoms with Gasteiger partial charge in [-0.2, -0.15) is 0 Å². The molecule has 0 radical (unpaired) electrons. The highest BCUT2D eigenvalue weighted by Crippen LogP contribution is 2.23. The smallest absolute Gasteiger partial charge is 0.273 e. The van der Waals surface area contributed by atoms with Gasteiger partial charge in [-0.25, -0.2) is 4.39 Å². The number of rotatable bonds is 3. The highest BCUT2D eigenvalue weighted by molar-refractivity contribution is 5.59. The van der Waals surface area contributed by atoms with Crippen LogP contribution in [0.1, 0.15) is 6.92 Å². The standard InChI is InChI=1S/C10H9FN4O2/c1-2-14-6-12-13-10(14)7-3-8(11)5-9(4-7)15(16)17/h3-6H,2H2,1H3. The normalized spacial score (nSPS) is 10.5. The molecular formula is C10H9FN4O2. The molecule has 0 aliphatic heterocycles. The van der Waals surface area contributed by atoms with E-state index in [0.717, 1.165) is 6.07 Å². The molecule has 0 N–H and O–H groups in total. The quantitative estimate of drug-likeness (QED) is 0.603. The van der Waals surface area contributed by atoms with Gasteiger partial charge in [-0.05, 0) is 13.0 Å². The summed E-state index contributed by atoms with van der Waals surface area (Å²) in [6.07, 6.45) is 1.49. The van der Waals surface area contributed by atoms with Gasteiger partial charge in [0.2, 0.25) is 0 Å². The third-order valence-electron chi connectivity index (χ3n) is 2.31. The van der Waals surface area contributed by atoms with E-state index in [1.807, 2.05) is 6.92 Å². The van der Waals surface area contributed by atoms with Gasteiger partial charge < -0.3 is 4.57 Å². The third kappa shape index (κ3) is 2.12. The molecule has 2 rings (SSSR count). The van der Waals surface area contributed by atoms with Gasteiger partial charge in [-0.3, -0.25) is 10.1 Å². The Morgan fingerprint density at radius 1 is 1.47 bits per heavy atom. The van der Waals surface area contributed by atoms with Gasteiger partial charge in [-0.15, -0.1) is 10.2 Å². The van der Waals surface area contributed by atoms with Crippen LogP contribution in [0.2, 0.25) is 0 Å². The average Bonchev–Trinajstić information content (AvgIpc) is 2.76. The lowest BCUT2D eigenvalue weighted by Crippen LogP contribution is -1.97. The fourth-order valence-corrected chi connectivity index (χ4v) is 1.52. The van der Waals surface area contributed by atoms with Gasteiger partial charge in [0.15, 0.2) is 5.82 Å². The molecule has 0 saturated carbocycles. The molecule has 1 aromatic carbocycles. The van der Waals surface area contributed by atoms with Gasteiger partial charge in [-0.1, -0.05) is 0 Å². The maximum absolute atomic E-state index is 13.3. The lowest BCUT2D eigenvalue weighted by atomic mass is 10.2. The predicted octanol–water partition coefficient (Wildman–Crippen LogP) is 2.01. The maximum atomic E-state index is 13.3. The number of aromatic nitrogens is 3. The van der Waals surface area contributed by atoms with Crippen LogP contribution < -0.4 is 0 Å². The molecule has 0 fully saturated rings. The lowest BCUT2D eigenvalue weighted by Gasteiger charge is -2.03. The Kier molecular flexibility index (Phi) is 2.82. The number of benzene rings is 1. The molecule has 0 atom stereocenters.